The van der Waals surface area contributed by atoms with Crippen molar-refractivity contribution in [2.24, 2.45) is 5.41 Å². The number of nitrogens with zero attached hydrogens (tertiary/aromatic N) is 2. The number of likely N-dealkylation sites (tertiary alicyclic amines) is 1. The summed E-state index contributed by atoms with van der Waals surface area (Å²) in [6.45, 7) is 5.11. The van der Waals surface area contributed by atoms with Gasteiger partial charge in [0.15, 0.2) is 0 Å². The molecular weight excluding hydrogens is 270 g/mol. The molecule has 3 rings (SSSR count). The van der Waals surface area contributed by atoms with Gasteiger partial charge in [-0.2, -0.15) is 0 Å². The normalized spacial score (nSPS) is 24.7. The van der Waals surface area contributed by atoms with Gasteiger partial charge in [-0.05, 0) is 32.4 Å². The highest BCUT2D eigenvalue weighted by atomic mass is 16.6. The van der Waals surface area contributed by atoms with Gasteiger partial charge in [-0.1, -0.05) is 6.07 Å². The highest BCUT2D eigenvalue weighted by Crippen LogP contribution is 2.37. The van der Waals surface area contributed by atoms with E-state index < -0.39 is 4.92 Å². The van der Waals surface area contributed by atoms with Crippen molar-refractivity contribution in [3.8, 4) is 0 Å². The Hall–Kier alpha value is -1.95. The van der Waals surface area contributed by atoms with Crippen molar-refractivity contribution in [2.45, 2.75) is 19.8 Å². The number of amides is 1. The number of benzene rings is 1. The van der Waals surface area contributed by atoms with Crippen LogP contribution in [0.2, 0.25) is 0 Å². The van der Waals surface area contributed by atoms with Crippen LogP contribution < -0.4 is 5.32 Å². The van der Waals surface area contributed by atoms with Crippen LogP contribution in [0, 0.1) is 22.5 Å². The molecule has 1 unspecified atom stereocenters. The SMILES string of the molecule is Cc1c(C(=O)N2CCC3(CCNC3)C2)cccc1[N+](=O)[O-]. The van der Waals surface area contributed by atoms with Crippen LogP contribution >= 0.6 is 0 Å². The lowest BCUT2D eigenvalue weighted by molar-refractivity contribution is -0.385. The number of carbonyl (C=O) groups is 1. The number of nitro benzene ring substituents is 1. The fourth-order valence-electron chi connectivity index (χ4n) is 3.48. The standard InChI is InChI=1S/C15H19N3O3/c1-11-12(3-2-4-13(11)18(20)21)14(19)17-8-6-15(10-17)5-7-16-9-15/h2-4,16H,5-10H2,1H3. The summed E-state index contributed by atoms with van der Waals surface area (Å²) in [4.78, 5) is 25.1. The molecule has 0 aromatic heterocycles. The molecule has 1 amide bonds. The lowest BCUT2D eigenvalue weighted by atomic mass is 9.86. The fraction of sp³-hybridized carbons (Fsp3) is 0.533. The zero-order valence-corrected chi connectivity index (χ0v) is 12.1. The zero-order valence-electron chi connectivity index (χ0n) is 12.1. The Labute approximate surface area is 123 Å². The Balaban J connectivity index is 1.83. The maximum atomic E-state index is 12.7. The van der Waals surface area contributed by atoms with Crippen molar-refractivity contribution in [1.82, 2.24) is 10.2 Å². The van der Waals surface area contributed by atoms with Gasteiger partial charge in [0, 0.05) is 42.2 Å². The van der Waals surface area contributed by atoms with Crippen molar-refractivity contribution >= 4 is 11.6 Å². The first-order valence-electron chi connectivity index (χ1n) is 7.26. The van der Waals surface area contributed by atoms with E-state index in [0.717, 1.165) is 39.0 Å². The molecule has 1 aromatic rings. The second-order valence-electron chi connectivity index (χ2n) is 6.11. The molecule has 1 atom stereocenters. The van der Waals surface area contributed by atoms with Gasteiger partial charge in [0.25, 0.3) is 11.6 Å². The monoisotopic (exact) mass is 289 g/mol. The summed E-state index contributed by atoms with van der Waals surface area (Å²) in [6.07, 6.45) is 2.12. The lowest BCUT2D eigenvalue weighted by Gasteiger charge is -2.23. The van der Waals surface area contributed by atoms with E-state index in [2.05, 4.69) is 5.32 Å². The first-order chi connectivity index (χ1) is 10.0. The minimum absolute atomic E-state index is 0.0114. The highest BCUT2D eigenvalue weighted by Gasteiger charge is 2.42. The summed E-state index contributed by atoms with van der Waals surface area (Å²) in [5.74, 6) is -0.0834. The summed E-state index contributed by atoms with van der Waals surface area (Å²) >= 11 is 0. The highest BCUT2D eigenvalue weighted by molar-refractivity contribution is 5.96. The number of rotatable bonds is 2. The predicted molar refractivity (Wildman–Crippen MR) is 78.3 cm³/mol. The molecule has 2 fully saturated rings. The van der Waals surface area contributed by atoms with E-state index in [1.165, 1.54) is 6.07 Å². The van der Waals surface area contributed by atoms with E-state index in [0.29, 0.717) is 11.1 Å². The average molecular weight is 289 g/mol. The Morgan fingerprint density at radius 2 is 2.24 bits per heavy atom. The molecule has 0 bridgehead atoms. The van der Waals surface area contributed by atoms with Gasteiger partial charge in [-0.3, -0.25) is 14.9 Å². The summed E-state index contributed by atoms with van der Waals surface area (Å²) in [5, 5.41) is 14.4. The van der Waals surface area contributed by atoms with Crippen molar-refractivity contribution < 1.29 is 9.72 Å². The quantitative estimate of drug-likeness (QED) is 0.664. The van der Waals surface area contributed by atoms with Gasteiger partial charge in [-0.15, -0.1) is 0 Å². The molecular formula is C15H19N3O3. The van der Waals surface area contributed by atoms with E-state index >= 15 is 0 Å². The molecule has 1 spiro atoms. The molecule has 2 saturated heterocycles. The second kappa shape index (κ2) is 5.11. The van der Waals surface area contributed by atoms with Crippen LogP contribution in [0.4, 0.5) is 5.69 Å². The van der Waals surface area contributed by atoms with Crippen molar-refractivity contribution in [3.05, 3.63) is 39.4 Å². The molecule has 2 aliphatic rings. The first-order valence-corrected chi connectivity index (χ1v) is 7.26. The van der Waals surface area contributed by atoms with Crippen LogP contribution in [-0.2, 0) is 0 Å². The molecule has 0 saturated carbocycles. The number of carbonyl (C=O) groups excluding carboxylic acids is 1. The Bertz CT molecular complexity index is 594. The average Bonchev–Trinajstić information content (AvgIpc) is 3.09. The second-order valence-corrected chi connectivity index (χ2v) is 6.11. The Morgan fingerprint density at radius 1 is 1.43 bits per heavy atom. The summed E-state index contributed by atoms with van der Waals surface area (Å²) in [6, 6.07) is 4.71. The molecule has 1 N–H and O–H groups in total. The largest absolute Gasteiger partial charge is 0.338 e. The summed E-state index contributed by atoms with van der Waals surface area (Å²) in [5.41, 5.74) is 1.13. The van der Waals surface area contributed by atoms with Gasteiger partial charge >= 0.3 is 0 Å². The summed E-state index contributed by atoms with van der Waals surface area (Å²) < 4.78 is 0. The van der Waals surface area contributed by atoms with Gasteiger partial charge in [-0.25, -0.2) is 0 Å². The Morgan fingerprint density at radius 3 is 2.90 bits per heavy atom. The molecule has 6 heteroatoms. The van der Waals surface area contributed by atoms with Crippen LogP contribution in [0.15, 0.2) is 18.2 Å². The number of nitrogens with one attached hydrogen (secondary N) is 1. The minimum atomic E-state index is -0.432. The van der Waals surface area contributed by atoms with E-state index in [1.807, 2.05) is 4.90 Å². The van der Waals surface area contributed by atoms with Crippen LogP contribution in [0.25, 0.3) is 0 Å². The number of hydrogen-bond acceptors (Lipinski definition) is 4. The minimum Gasteiger partial charge on any atom is -0.338 e. The molecule has 112 valence electrons. The first kappa shape index (κ1) is 14.0. The third-order valence-electron chi connectivity index (χ3n) is 4.79. The maximum Gasteiger partial charge on any atom is 0.273 e. The van der Waals surface area contributed by atoms with Crippen LogP contribution in [0.3, 0.4) is 0 Å². The molecule has 0 aliphatic carbocycles. The van der Waals surface area contributed by atoms with Crippen LogP contribution in [0.5, 0.6) is 0 Å². The zero-order chi connectivity index (χ0) is 15.0. The molecule has 6 nitrogen and oxygen atoms in total. The van der Waals surface area contributed by atoms with E-state index in [4.69, 9.17) is 0 Å². The third-order valence-corrected chi connectivity index (χ3v) is 4.79. The van der Waals surface area contributed by atoms with Gasteiger partial charge in [0.1, 0.15) is 0 Å². The van der Waals surface area contributed by atoms with Crippen LogP contribution in [0.1, 0.15) is 28.8 Å². The van der Waals surface area contributed by atoms with Crippen LogP contribution in [-0.4, -0.2) is 41.9 Å². The topological polar surface area (TPSA) is 75.5 Å². The number of nitro groups is 1. The number of hydrogen-bond donors (Lipinski definition) is 1. The molecule has 1 aromatic carbocycles. The predicted octanol–water partition coefficient (Wildman–Crippen LogP) is 1.73. The smallest absolute Gasteiger partial charge is 0.273 e. The fourth-order valence-corrected chi connectivity index (χ4v) is 3.48. The molecule has 2 aliphatic heterocycles. The van der Waals surface area contributed by atoms with E-state index in [9.17, 15) is 14.9 Å². The third kappa shape index (κ3) is 2.40. The van der Waals surface area contributed by atoms with Crippen molar-refractivity contribution in [2.75, 3.05) is 26.2 Å². The van der Waals surface area contributed by atoms with E-state index in [-0.39, 0.29) is 17.0 Å². The van der Waals surface area contributed by atoms with Gasteiger partial charge in [0.2, 0.25) is 0 Å². The molecule has 0 radical (unpaired) electrons. The van der Waals surface area contributed by atoms with Crippen molar-refractivity contribution in [1.29, 1.82) is 0 Å². The lowest BCUT2D eigenvalue weighted by Crippen LogP contribution is -2.33. The Kier molecular flexibility index (Phi) is 3.41. The van der Waals surface area contributed by atoms with Gasteiger partial charge < -0.3 is 10.2 Å². The molecule has 21 heavy (non-hydrogen) atoms. The maximum absolute atomic E-state index is 12.7. The summed E-state index contributed by atoms with van der Waals surface area (Å²) in [7, 11) is 0. The molecule has 2 heterocycles. The van der Waals surface area contributed by atoms with E-state index in [1.54, 1.807) is 19.1 Å². The van der Waals surface area contributed by atoms with Gasteiger partial charge in [0.05, 0.1) is 4.92 Å². The van der Waals surface area contributed by atoms with Crippen molar-refractivity contribution in [3.63, 3.8) is 0 Å².